The highest BCUT2D eigenvalue weighted by Gasteiger charge is 2.29. The summed E-state index contributed by atoms with van der Waals surface area (Å²) in [6.45, 7) is 4.05. The van der Waals surface area contributed by atoms with Crippen molar-refractivity contribution in [3.63, 3.8) is 0 Å². The molecule has 1 aliphatic carbocycles. The molecule has 160 valence electrons. The van der Waals surface area contributed by atoms with Crippen LogP contribution < -0.4 is 30.3 Å². The minimum absolute atomic E-state index is 0.128. The second kappa shape index (κ2) is 9.07. The number of carbonyl (C=O) groups is 1. The van der Waals surface area contributed by atoms with Gasteiger partial charge in [-0.05, 0) is 54.7 Å². The zero-order valence-electron chi connectivity index (χ0n) is 18.0. The van der Waals surface area contributed by atoms with E-state index in [2.05, 4.69) is 10.6 Å². The fourth-order valence-corrected chi connectivity index (χ4v) is 4.04. The number of benzene rings is 1. The van der Waals surface area contributed by atoms with E-state index in [4.69, 9.17) is 14.2 Å². The minimum atomic E-state index is -0.304. The summed E-state index contributed by atoms with van der Waals surface area (Å²) in [6.07, 6.45) is 1.31. The van der Waals surface area contributed by atoms with E-state index in [0.717, 1.165) is 22.3 Å². The SMILES string of the molecule is CCNc1ccc2c(cc1=O)[C@@H](NC(C)=O)CCc1cc(OC)c(OC)c(OC)c1-2. The summed E-state index contributed by atoms with van der Waals surface area (Å²) in [5, 5.41) is 6.11. The lowest BCUT2D eigenvalue weighted by molar-refractivity contribution is -0.119. The first-order valence-corrected chi connectivity index (χ1v) is 9.96. The molecule has 30 heavy (non-hydrogen) atoms. The van der Waals surface area contributed by atoms with E-state index in [1.807, 2.05) is 19.1 Å². The Labute approximate surface area is 176 Å². The van der Waals surface area contributed by atoms with Crippen molar-refractivity contribution in [1.82, 2.24) is 5.32 Å². The van der Waals surface area contributed by atoms with Crippen LogP contribution in [0.4, 0.5) is 5.69 Å². The summed E-state index contributed by atoms with van der Waals surface area (Å²) in [4.78, 5) is 24.8. The van der Waals surface area contributed by atoms with Crippen LogP contribution in [0.5, 0.6) is 17.2 Å². The first-order chi connectivity index (χ1) is 14.4. The smallest absolute Gasteiger partial charge is 0.217 e. The van der Waals surface area contributed by atoms with E-state index < -0.39 is 0 Å². The molecule has 0 aromatic heterocycles. The third-order valence-corrected chi connectivity index (χ3v) is 5.28. The van der Waals surface area contributed by atoms with E-state index in [0.29, 0.717) is 42.3 Å². The van der Waals surface area contributed by atoms with Gasteiger partial charge in [0.15, 0.2) is 11.5 Å². The Hall–Kier alpha value is -3.22. The van der Waals surface area contributed by atoms with Crippen LogP contribution in [0.25, 0.3) is 11.1 Å². The number of aryl methyl sites for hydroxylation is 1. The molecule has 0 saturated heterocycles. The van der Waals surface area contributed by atoms with Crippen molar-refractivity contribution in [3.8, 4) is 28.4 Å². The molecule has 0 unspecified atom stereocenters. The molecule has 7 heteroatoms. The quantitative estimate of drug-likeness (QED) is 0.757. The van der Waals surface area contributed by atoms with Gasteiger partial charge in [-0.15, -0.1) is 0 Å². The van der Waals surface area contributed by atoms with Gasteiger partial charge in [0.1, 0.15) is 0 Å². The number of hydrogen-bond donors (Lipinski definition) is 2. The molecule has 1 aliphatic rings. The molecular formula is C23H28N2O5. The summed E-state index contributed by atoms with van der Waals surface area (Å²) in [5.41, 5.74) is 3.80. The van der Waals surface area contributed by atoms with Crippen molar-refractivity contribution in [3.05, 3.63) is 45.6 Å². The lowest BCUT2D eigenvalue weighted by Gasteiger charge is -2.19. The molecular weight excluding hydrogens is 384 g/mol. The molecule has 0 radical (unpaired) electrons. The Morgan fingerprint density at radius 2 is 1.83 bits per heavy atom. The van der Waals surface area contributed by atoms with Gasteiger partial charge < -0.3 is 24.8 Å². The van der Waals surface area contributed by atoms with Gasteiger partial charge in [0.2, 0.25) is 17.1 Å². The highest BCUT2D eigenvalue weighted by Crippen LogP contribution is 2.50. The monoisotopic (exact) mass is 412 g/mol. The van der Waals surface area contributed by atoms with Crippen molar-refractivity contribution in [2.75, 3.05) is 33.2 Å². The zero-order valence-corrected chi connectivity index (χ0v) is 18.0. The normalized spacial score (nSPS) is 14.6. The fraction of sp³-hybridized carbons (Fsp3) is 0.391. The number of rotatable bonds is 6. The molecule has 0 spiro atoms. The van der Waals surface area contributed by atoms with Crippen molar-refractivity contribution >= 4 is 11.6 Å². The van der Waals surface area contributed by atoms with Gasteiger partial charge in [-0.3, -0.25) is 9.59 Å². The summed E-state index contributed by atoms with van der Waals surface area (Å²) in [6, 6.07) is 6.93. The molecule has 0 fully saturated rings. The number of carbonyl (C=O) groups excluding carboxylic acids is 1. The predicted molar refractivity (Wildman–Crippen MR) is 117 cm³/mol. The van der Waals surface area contributed by atoms with Gasteiger partial charge in [0, 0.05) is 19.0 Å². The summed E-state index contributed by atoms with van der Waals surface area (Å²) < 4.78 is 16.9. The summed E-state index contributed by atoms with van der Waals surface area (Å²) in [5.74, 6) is 1.46. The average Bonchev–Trinajstić information content (AvgIpc) is 2.96. The van der Waals surface area contributed by atoms with Crippen LogP contribution in [0.3, 0.4) is 0 Å². The van der Waals surface area contributed by atoms with Crippen LogP contribution in [0.15, 0.2) is 29.1 Å². The van der Waals surface area contributed by atoms with Gasteiger partial charge in [0.05, 0.1) is 33.1 Å². The maximum atomic E-state index is 12.9. The minimum Gasteiger partial charge on any atom is -0.493 e. The molecule has 2 N–H and O–H groups in total. The van der Waals surface area contributed by atoms with Gasteiger partial charge in [0.25, 0.3) is 0 Å². The molecule has 3 rings (SSSR count). The topological polar surface area (TPSA) is 85.9 Å². The van der Waals surface area contributed by atoms with Gasteiger partial charge in [-0.25, -0.2) is 0 Å². The molecule has 0 bridgehead atoms. The number of ether oxygens (including phenoxy) is 3. The number of hydrogen-bond acceptors (Lipinski definition) is 6. The largest absolute Gasteiger partial charge is 0.493 e. The summed E-state index contributed by atoms with van der Waals surface area (Å²) in [7, 11) is 4.73. The molecule has 0 heterocycles. The van der Waals surface area contributed by atoms with Crippen molar-refractivity contribution in [2.24, 2.45) is 0 Å². The second-order valence-corrected chi connectivity index (χ2v) is 7.13. The number of nitrogens with one attached hydrogen (secondary N) is 2. The predicted octanol–water partition coefficient (Wildman–Crippen LogP) is 3.29. The third kappa shape index (κ3) is 3.92. The van der Waals surface area contributed by atoms with Gasteiger partial charge >= 0.3 is 0 Å². The zero-order chi connectivity index (χ0) is 21.8. The maximum Gasteiger partial charge on any atom is 0.217 e. The van der Waals surface area contributed by atoms with E-state index in [1.165, 1.54) is 6.92 Å². The van der Waals surface area contributed by atoms with E-state index in [1.54, 1.807) is 33.5 Å². The molecule has 7 nitrogen and oxygen atoms in total. The van der Waals surface area contributed by atoms with Crippen LogP contribution in [0.1, 0.15) is 37.4 Å². The number of methoxy groups -OCH3 is 3. The Balaban J connectivity index is 2.39. The van der Waals surface area contributed by atoms with Crippen LogP contribution >= 0.6 is 0 Å². The standard InChI is InChI=1S/C23H28N2O5/c1-6-24-18-10-8-15-16(12-19(18)27)17(25-13(2)26)9-7-14-11-20(28-3)22(29-4)23(30-5)21(14)15/h8,10-12,17H,6-7,9H2,1-5H3,(H,24,27)(H,25,26)/t17-/m0/s1. The number of amides is 1. The lowest BCUT2D eigenvalue weighted by Crippen LogP contribution is -2.26. The molecule has 1 atom stereocenters. The van der Waals surface area contributed by atoms with Gasteiger partial charge in [-0.2, -0.15) is 0 Å². The van der Waals surface area contributed by atoms with E-state index in [9.17, 15) is 9.59 Å². The first-order valence-electron chi connectivity index (χ1n) is 9.96. The Kier molecular flexibility index (Phi) is 6.50. The van der Waals surface area contributed by atoms with E-state index in [-0.39, 0.29) is 17.4 Å². The Morgan fingerprint density at radius 1 is 1.10 bits per heavy atom. The number of anilines is 1. The first kappa shape index (κ1) is 21.5. The van der Waals surface area contributed by atoms with Crippen LogP contribution in [-0.4, -0.2) is 33.8 Å². The molecule has 0 aliphatic heterocycles. The van der Waals surface area contributed by atoms with Crippen molar-refractivity contribution < 1.29 is 19.0 Å². The lowest BCUT2D eigenvalue weighted by atomic mass is 9.95. The molecule has 1 amide bonds. The molecule has 2 aromatic rings. The molecule has 0 saturated carbocycles. The fourth-order valence-electron chi connectivity index (χ4n) is 4.04. The average molecular weight is 412 g/mol. The molecule has 2 aromatic carbocycles. The third-order valence-electron chi connectivity index (χ3n) is 5.28. The van der Waals surface area contributed by atoms with Crippen LogP contribution in [0.2, 0.25) is 0 Å². The second-order valence-electron chi connectivity index (χ2n) is 7.13. The Morgan fingerprint density at radius 3 is 2.43 bits per heavy atom. The number of fused-ring (bicyclic) bond motifs is 3. The van der Waals surface area contributed by atoms with Crippen LogP contribution in [0, 0.1) is 0 Å². The van der Waals surface area contributed by atoms with Crippen molar-refractivity contribution in [1.29, 1.82) is 0 Å². The van der Waals surface area contributed by atoms with Crippen LogP contribution in [-0.2, 0) is 11.2 Å². The highest BCUT2D eigenvalue weighted by atomic mass is 16.5. The van der Waals surface area contributed by atoms with Crippen molar-refractivity contribution in [2.45, 2.75) is 32.7 Å². The highest BCUT2D eigenvalue weighted by molar-refractivity contribution is 5.83. The summed E-state index contributed by atoms with van der Waals surface area (Å²) >= 11 is 0. The van der Waals surface area contributed by atoms with E-state index >= 15 is 0 Å². The Bertz CT molecular complexity index is 1020. The van der Waals surface area contributed by atoms with Gasteiger partial charge in [-0.1, -0.05) is 6.07 Å². The maximum absolute atomic E-state index is 12.9.